The van der Waals surface area contributed by atoms with Crippen LogP contribution in [0.4, 0.5) is 0 Å². The first-order valence-corrected chi connectivity index (χ1v) is 8.91. The fourth-order valence-electron chi connectivity index (χ4n) is 2.56. The van der Waals surface area contributed by atoms with Gasteiger partial charge in [-0.1, -0.05) is 5.16 Å². The van der Waals surface area contributed by atoms with Crippen LogP contribution in [0, 0.1) is 6.92 Å². The van der Waals surface area contributed by atoms with Gasteiger partial charge in [0.05, 0.1) is 17.5 Å². The van der Waals surface area contributed by atoms with Gasteiger partial charge < -0.3 is 9.42 Å². The topological polar surface area (TPSA) is 59.2 Å². The van der Waals surface area contributed by atoms with E-state index in [-0.39, 0.29) is 11.9 Å². The predicted octanol–water partition coefficient (Wildman–Crippen LogP) is 2.82. The summed E-state index contributed by atoms with van der Waals surface area (Å²) in [7, 11) is 0. The van der Waals surface area contributed by atoms with Crippen molar-refractivity contribution in [1.82, 2.24) is 15.0 Å². The van der Waals surface area contributed by atoms with Gasteiger partial charge in [0, 0.05) is 18.3 Å². The van der Waals surface area contributed by atoms with Crippen LogP contribution in [0.1, 0.15) is 35.1 Å². The molecule has 1 atom stereocenters. The molecular formula is C14H17N3O2S2. The van der Waals surface area contributed by atoms with Crippen LogP contribution >= 0.6 is 23.1 Å². The van der Waals surface area contributed by atoms with Gasteiger partial charge in [-0.2, -0.15) is 4.98 Å². The van der Waals surface area contributed by atoms with Gasteiger partial charge in [0.25, 0.3) is 0 Å². The molecule has 5 nitrogen and oxygen atoms in total. The van der Waals surface area contributed by atoms with Crippen LogP contribution in [-0.4, -0.2) is 33.2 Å². The minimum absolute atomic E-state index is 0.181. The van der Waals surface area contributed by atoms with Crippen LogP contribution in [0.5, 0.6) is 0 Å². The molecule has 1 aliphatic heterocycles. The van der Waals surface area contributed by atoms with Crippen molar-refractivity contribution in [1.29, 1.82) is 0 Å². The Morgan fingerprint density at radius 1 is 1.62 bits per heavy atom. The van der Waals surface area contributed by atoms with Gasteiger partial charge >= 0.3 is 0 Å². The van der Waals surface area contributed by atoms with Crippen molar-refractivity contribution in [2.75, 3.05) is 12.3 Å². The van der Waals surface area contributed by atoms with Gasteiger partial charge in [0.15, 0.2) is 5.82 Å². The molecule has 0 bridgehead atoms. The molecule has 1 aliphatic rings. The van der Waals surface area contributed by atoms with Crippen LogP contribution in [-0.2, 0) is 17.0 Å². The number of hydrogen-bond donors (Lipinski definition) is 0. The fourth-order valence-corrected chi connectivity index (χ4v) is 4.27. The van der Waals surface area contributed by atoms with Crippen LogP contribution < -0.4 is 0 Å². The lowest BCUT2D eigenvalue weighted by molar-refractivity contribution is -0.130. The summed E-state index contributed by atoms with van der Waals surface area (Å²) in [6.45, 7) is 4.69. The van der Waals surface area contributed by atoms with Crippen LogP contribution in [0.3, 0.4) is 0 Å². The molecule has 21 heavy (non-hydrogen) atoms. The second-order valence-electron chi connectivity index (χ2n) is 5.03. The Labute approximate surface area is 131 Å². The molecular weight excluding hydrogens is 306 g/mol. The third-order valence-corrected chi connectivity index (χ3v) is 5.53. The summed E-state index contributed by atoms with van der Waals surface area (Å²) >= 11 is 3.32. The molecule has 0 aromatic carbocycles. The lowest BCUT2D eigenvalue weighted by atomic mass is 10.0. The Hall–Kier alpha value is -1.34. The number of carbonyl (C=O) groups excluding carboxylic acids is 1. The number of aryl methyl sites for hydroxylation is 1. The zero-order valence-corrected chi connectivity index (χ0v) is 13.7. The highest BCUT2D eigenvalue weighted by molar-refractivity contribution is 7.99. The van der Waals surface area contributed by atoms with E-state index in [1.807, 2.05) is 4.90 Å². The molecule has 0 radical (unpaired) electrons. The summed E-state index contributed by atoms with van der Waals surface area (Å²) in [4.78, 5) is 19.9. The number of nitrogens with zero attached hydrogens (tertiary/aromatic N) is 3. The summed E-state index contributed by atoms with van der Waals surface area (Å²) in [6, 6.07) is 2.32. The highest BCUT2D eigenvalue weighted by Gasteiger charge is 2.27. The maximum Gasteiger partial charge on any atom is 0.233 e. The van der Waals surface area contributed by atoms with Gasteiger partial charge in [-0.05, 0) is 30.4 Å². The first kappa shape index (κ1) is 14.6. The van der Waals surface area contributed by atoms with E-state index in [0.29, 0.717) is 23.2 Å². The molecule has 0 fully saturated rings. The highest BCUT2D eigenvalue weighted by atomic mass is 32.2. The van der Waals surface area contributed by atoms with Crippen molar-refractivity contribution in [3.05, 3.63) is 33.6 Å². The van der Waals surface area contributed by atoms with E-state index in [9.17, 15) is 4.79 Å². The van der Waals surface area contributed by atoms with E-state index < -0.39 is 0 Å². The number of amides is 1. The molecule has 1 amide bonds. The molecule has 0 saturated carbocycles. The number of fused-ring (bicyclic) bond motifs is 1. The average molecular weight is 323 g/mol. The van der Waals surface area contributed by atoms with E-state index in [0.717, 1.165) is 13.0 Å². The number of rotatable bonds is 4. The van der Waals surface area contributed by atoms with E-state index in [4.69, 9.17) is 4.52 Å². The number of thioether (sulfide) groups is 1. The second-order valence-corrected chi connectivity index (χ2v) is 7.02. The summed E-state index contributed by atoms with van der Waals surface area (Å²) < 4.78 is 4.92. The lowest BCUT2D eigenvalue weighted by Gasteiger charge is -2.33. The molecule has 3 rings (SSSR count). The molecule has 2 aromatic heterocycles. The Morgan fingerprint density at radius 3 is 3.24 bits per heavy atom. The molecule has 0 aliphatic carbocycles. The lowest BCUT2D eigenvalue weighted by Crippen LogP contribution is -2.39. The number of hydrogen-bond acceptors (Lipinski definition) is 6. The smallest absolute Gasteiger partial charge is 0.233 e. The molecule has 112 valence electrons. The monoisotopic (exact) mass is 323 g/mol. The molecule has 2 aromatic rings. The van der Waals surface area contributed by atoms with Crippen molar-refractivity contribution < 1.29 is 9.32 Å². The quantitative estimate of drug-likeness (QED) is 0.866. The molecule has 7 heteroatoms. The van der Waals surface area contributed by atoms with Crippen LogP contribution in [0.2, 0.25) is 0 Å². The number of carbonyl (C=O) groups is 1. The maximum atomic E-state index is 12.4. The summed E-state index contributed by atoms with van der Waals surface area (Å²) in [6.07, 6.45) is 0.970. The van der Waals surface area contributed by atoms with Crippen molar-refractivity contribution in [2.24, 2.45) is 0 Å². The SMILES string of the molecule is Cc1nc(CSCC(=O)N2CCc3sccc3C2C)no1. The minimum Gasteiger partial charge on any atom is -0.340 e. The third kappa shape index (κ3) is 3.13. The third-order valence-electron chi connectivity index (χ3n) is 3.62. The van der Waals surface area contributed by atoms with Gasteiger partial charge in [0.1, 0.15) is 0 Å². The molecule has 0 saturated heterocycles. The zero-order valence-electron chi connectivity index (χ0n) is 12.0. The molecule has 3 heterocycles. The van der Waals surface area contributed by atoms with Crippen molar-refractivity contribution >= 4 is 29.0 Å². The molecule has 1 unspecified atom stereocenters. The van der Waals surface area contributed by atoms with Gasteiger partial charge in [-0.3, -0.25) is 4.79 Å². The Bertz CT molecular complexity index is 638. The summed E-state index contributed by atoms with van der Waals surface area (Å²) in [5.74, 6) is 2.46. The first-order valence-electron chi connectivity index (χ1n) is 6.88. The van der Waals surface area contributed by atoms with Crippen molar-refractivity contribution in [3.8, 4) is 0 Å². The van der Waals surface area contributed by atoms with Gasteiger partial charge in [-0.25, -0.2) is 0 Å². The highest BCUT2D eigenvalue weighted by Crippen LogP contribution is 2.33. The van der Waals surface area contributed by atoms with Crippen molar-refractivity contribution in [2.45, 2.75) is 32.1 Å². The zero-order chi connectivity index (χ0) is 14.8. The van der Waals surface area contributed by atoms with Crippen molar-refractivity contribution in [3.63, 3.8) is 0 Å². The predicted molar refractivity (Wildman–Crippen MR) is 83.3 cm³/mol. The normalized spacial score (nSPS) is 17.8. The standard InChI is InChI=1S/C14H17N3O2S2/c1-9-11-4-6-21-12(11)3-5-17(9)14(18)8-20-7-13-15-10(2)19-16-13/h4,6,9H,3,5,7-8H2,1-2H3. The fraction of sp³-hybridized carbons (Fsp3) is 0.500. The average Bonchev–Trinajstić information content (AvgIpc) is 3.08. The van der Waals surface area contributed by atoms with Gasteiger partial charge in [0.2, 0.25) is 11.8 Å². The second kappa shape index (κ2) is 6.19. The molecule has 0 N–H and O–H groups in total. The first-order chi connectivity index (χ1) is 10.1. The minimum atomic E-state index is 0.181. The Morgan fingerprint density at radius 2 is 2.48 bits per heavy atom. The van der Waals surface area contributed by atoms with Gasteiger partial charge in [-0.15, -0.1) is 23.1 Å². The van der Waals surface area contributed by atoms with E-state index in [1.165, 1.54) is 22.2 Å². The number of aromatic nitrogens is 2. The number of thiophene rings is 1. The summed E-state index contributed by atoms with van der Waals surface area (Å²) in [5.41, 5.74) is 1.30. The van der Waals surface area contributed by atoms with Crippen LogP contribution in [0.25, 0.3) is 0 Å². The van der Waals surface area contributed by atoms with Crippen LogP contribution in [0.15, 0.2) is 16.0 Å². The Kier molecular flexibility index (Phi) is 4.30. The Balaban J connectivity index is 1.54. The van der Waals surface area contributed by atoms with E-state index in [1.54, 1.807) is 18.3 Å². The molecule has 0 spiro atoms. The maximum absolute atomic E-state index is 12.4. The summed E-state index contributed by atoms with van der Waals surface area (Å²) in [5, 5.41) is 5.95. The van der Waals surface area contributed by atoms with E-state index >= 15 is 0 Å². The largest absolute Gasteiger partial charge is 0.340 e. The van der Waals surface area contributed by atoms with E-state index in [2.05, 4.69) is 28.5 Å².